The number of hydrogen-bond acceptors (Lipinski definition) is 3. The second-order valence-corrected chi connectivity index (χ2v) is 2.89. The molecule has 0 aromatic rings. The van der Waals surface area contributed by atoms with Crippen molar-refractivity contribution in [2.45, 2.75) is 26.3 Å². The normalized spacial score (nSPS) is 10.6. The molecule has 0 radical (unpaired) electrons. The number of rotatable bonds is 6. The Balaban J connectivity index is 3.17. The summed E-state index contributed by atoms with van der Waals surface area (Å²) in [6.07, 6.45) is 0.910. The van der Waals surface area contributed by atoms with Crippen molar-refractivity contribution in [2.24, 2.45) is 0 Å². The van der Waals surface area contributed by atoms with Crippen LogP contribution in [0.15, 0.2) is 0 Å². The van der Waals surface area contributed by atoms with Crippen molar-refractivity contribution < 1.29 is 9.53 Å². The summed E-state index contributed by atoms with van der Waals surface area (Å²) < 4.78 is 4.56. The van der Waals surface area contributed by atoms with Crippen molar-refractivity contribution in [3.05, 3.63) is 0 Å². The monoisotopic (exact) mass is 159 g/mol. The van der Waals surface area contributed by atoms with Crippen molar-refractivity contribution >= 4 is 6.47 Å². The van der Waals surface area contributed by atoms with Crippen molar-refractivity contribution in [3.8, 4) is 0 Å². The zero-order chi connectivity index (χ0) is 8.69. The molecule has 3 nitrogen and oxygen atoms in total. The smallest absolute Gasteiger partial charge is 0.293 e. The Morgan fingerprint density at radius 2 is 2.18 bits per heavy atom. The molecule has 0 amide bonds. The third-order valence-electron chi connectivity index (χ3n) is 1.72. The van der Waals surface area contributed by atoms with Crippen LogP contribution in [0.1, 0.15) is 20.3 Å². The summed E-state index contributed by atoms with van der Waals surface area (Å²) >= 11 is 0. The van der Waals surface area contributed by atoms with Gasteiger partial charge in [-0.25, -0.2) is 0 Å². The molecule has 0 saturated heterocycles. The zero-order valence-corrected chi connectivity index (χ0v) is 7.54. The molecule has 0 fully saturated rings. The molecule has 3 heteroatoms. The summed E-state index contributed by atoms with van der Waals surface area (Å²) in [5.74, 6) is 0. The predicted octanol–water partition coefficient (Wildman–Crippen LogP) is 0.890. The topological polar surface area (TPSA) is 29.5 Å². The van der Waals surface area contributed by atoms with Gasteiger partial charge >= 0.3 is 0 Å². The third kappa shape index (κ3) is 5.85. The van der Waals surface area contributed by atoms with E-state index < -0.39 is 0 Å². The Bertz CT molecular complexity index is 104. The van der Waals surface area contributed by atoms with Gasteiger partial charge in [-0.1, -0.05) is 0 Å². The molecular weight excluding hydrogens is 142 g/mol. The lowest BCUT2D eigenvalue weighted by atomic mass is 10.3. The molecule has 0 heterocycles. The molecule has 66 valence electrons. The van der Waals surface area contributed by atoms with Crippen LogP contribution < -0.4 is 0 Å². The highest BCUT2D eigenvalue weighted by Crippen LogP contribution is 1.94. The largest absolute Gasteiger partial charge is 0.468 e. The maximum atomic E-state index is 9.75. The lowest BCUT2D eigenvalue weighted by molar-refractivity contribution is -0.128. The first-order valence-electron chi connectivity index (χ1n) is 3.94. The van der Waals surface area contributed by atoms with Gasteiger partial charge in [0.2, 0.25) is 0 Å². The van der Waals surface area contributed by atoms with E-state index in [4.69, 9.17) is 0 Å². The van der Waals surface area contributed by atoms with Crippen LogP contribution in [-0.2, 0) is 9.53 Å². The average Bonchev–Trinajstić information content (AvgIpc) is 1.97. The van der Waals surface area contributed by atoms with E-state index in [2.05, 4.69) is 30.5 Å². The zero-order valence-electron chi connectivity index (χ0n) is 7.54. The molecule has 0 aliphatic carbocycles. The van der Waals surface area contributed by atoms with E-state index in [0.717, 1.165) is 13.0 Å². The summed E-state index contributed by atoms with van der Waals surface area (Å²) in [7, 11) is 2.06. The highest BCUT2D eigenvalue weighted by atomic mass is 16.5. The van der Waals surface area contributed by atoms with Crippen LogP contribution >= 0.6 is 0 Å². The molecule has 0 unspecified atom stereocenters. The molecule has 0 spiro atoms. The second kappa shape index (κ2) is 6.16. The Labute approximate surface area is 68.3 Å². The molecule has 11 heavy (non-hydrogen) atoms. The van der Waals surface area contributed by atoms with Crippen LogP contribution in [0.3, 0.4) is 0 Å². The quantitative estimate of drug-likeness (QED) is 0.426. The van der Waals surface area contributed by atoms with Gasteiger partial charge in [-0.15, -0.1) is 0 Å². The fourth-order valence-corrected chi connectivity index (χ4v) is 0.704. The Kier molecular flexibility index (Phi) is 5.84. The van der Waals surface area contributed by atoms with Gasteiger partial charge < -0.3 is 9.64 Å². The number of carbonyl (C=O) groups is 1. The van der Waals surface area contributed by atoms with Crippen LogP contribution in [0.5, 0.6) is 0 Å². The maximum Gasteiger partial charge on any atom is 0.293 e. The molecule has 0 aromatic heterocycles. The molecule has 0 rings (SSSR count). The summed E-state index contributed by atoms with van der Waals surface area (Å²) in [6.45, 7) is 6.28. The lowest BCUT2D eigenvalue weighted by Gasteiger charge is -2.20. The van der Waals surface area contributed by atoms with E-state index in [1.165, 1.54) is 0 Å². The van der Waals surface area contributed by atoms with E-state index in [9.17, 15) is 4.79 Å². The summed E-state index contributed by atoms with van der Waals surface area (Å²) in [5.41, 5.74) is 0. The van der Waals surface area contributed by atoms with Crippen molar-refractivity contribution in [1.82, 2.24) is 4.90 Å². The Morgan fingerprint density at radius 1 is 1.55 bits per heavy atom. The van der Waals surface area contributed by atoms with Gasteiger partial charge in [-0.05, 0) is 27.3 Å². The minimum absolute atomic E-state index is 0.495. The van der Waals surface area contributed by atoms with Gasteiger partial charge in [-0.3, -0.25) is 4.79 Å². The van der Waals surface area contributed by atoms with Gasteiger partial charge in [0, 0.05) is 12.6 Å². The molecule has 0 aromatic carbocycles. The second-order valence-electron chi connectivity index (χ2n) is 2.89. The molecular formula is C8H17NO2. The van der Waals surface area contributed by atoms with Gasteiger partial charge in [0.25, 0.3) is 6.47 Å². The SMILES string of the molecule is CC(C)N(C)CCCOC=O. The first-order valence-corrected chi connectivity index (χ1v) is 3.94. The molecule has 0 saturated carbocycles. The van der Waals surface area contributed by atoms with E-state index in [1.807, 2.05) is 0 Å². The average molecular weight is 159 g/mol. The van der Waals surface area contributed by atoms with Crippen LogP contribution in [0.2, 0.25) is 0 Å². The summed E-state index contributed by atoms with van der Waals surface area (Å²) in [6, 6.07) is 0.561. The number of ether oxygens (including phenoxy) is 1. The number of carbonyl (C=O) groups excluding carboxylic acids is 1. The highest BCUT2D eigenvalue weighted by Gasteiger charge is 2.01. The van der Waals surface area contributed by atoms with E-state index in [-0.39, 0.29) is 0 Å². The molecule has 0 aliphatic heterocycles. The summed E-state index contributed by atoms with van der Waals surface area (Å²) in [4.78, 5) is 12.0. The Morgan fingerprint density at radius 3 is 2.64 bits per heavy atom. The van der Waals surface area contributed by atoms with E-state index >= 15 is 0 Å². The summed E-state index contributed by atoms with van der Waals surface area (Å²) in [5, 5.41) is 0. The predicted molar refractivity (Wildman–Crippen MR) is 44.4 cm³/mol. The van der Waals surface area contributed by atoms with Crippen LogP contribution in [0.25, 0.3) is 0 Å². The molecule has 0 N–H and O–H groups in total. The third-order valence-corrected chi connectivity index (χ3v) is 1.72. The van der Waals surface area contributed by atoms with Gasteiger partial charge in [0.15, 0.2) is 0 Å². The lowest BCUT2D eigenvalue weighted by Crippen LogP contribution is -2.27. The van der Waals surface area contributed by atoms with Crippen LogP contribution in [0.4, 0.5) is 0 Å². The minimum Gasteiger partial charge on any atom is -0.468 e. The minimum atomic E-state index is 0.495. The Hall–Kier alpha value is -0.570. The molecule has 0 aliphatic rings. The molecule has 0 atom stereocenters. The van der Waals surface area contributed by atoms with Crippen molar-refractivity contribution in [3.63, 3.8) is 0 Å². The van der Waals surface area contributed by atoms with E-state index in [0.29, 0.717) is 19.1 Å². The highest BCUT2D eigenvalue weighted by molar-refractivity contribution is 5.36. The standard InChI is InChI=1S/C8H17NO2/c1-8(2)9(3)5-4-6-11-7-10/h7-8H,4-6H2,1-3H3. The first-order chi connectivity index (χ1) is 5.18. The fraction of sp³-hybridized carbons (Fsp3) is 0.875. The number of hydrogen-bond donors (Lipinski definition) is 0. The fourth-order valence-electron chi connectivity index (χ4n) is 0.704. The van der Waals surface area contributed by atoms with Gasteiger partial charge in [0.05, 0.1) is 6.61 Å². The molecule has 0 bridgehead atoms. The van der Waals surface area contributed by atoms with Crippen LogP contribution in [-0.4, -0.2) is 37.6 Å². The van der Waals surface area contributed by atoms with Crippen molar-refractivity contribution in [1.29, 1.82) is 0 Å². The first kappa shape index (κ1) is 10.4. The number of nitrogens with zero attached hydrogens (tertiary/aromatic N) is 1. The van der Waals surface area contributed by atoms with Crippen LogP contribution in [0, 0.1) is 0 Å². The van der Waals surface area contributed by atoms with Crippen molar-refractivity contribution in [2.75, 3.05) is 20.2 Å². The van der Waals surface area contributed by atoms with Gasteiger partial charge in [-0.2, -0.15) is 0 Å². The van der Waals surface area contributed by atoms with E-state index in [1.54, 1.807) is 0 Å². The maximum absolute atomic E-state index is 9.75. The van der Waals surface area contributed by atoms with Gasteiger partial charge in [0.1, 0.15) is 0 Å².